The van der Waals surface area contributed by atoms with Crippen LogP contribution < -0.4 is 14.8 Å². The third kappa shape index (κ3) is 5.09. The van der Waals surface area contributed by atoms with Gasteiger partial charge in [-0.2, -0.15) is 0 Å². The number of nitrogens with one attached hydrogen (secondary N) is 1. The zero-order valence-corrected chi connectivity index (χ0v) is 13.6. The first-order valence-corrected chi connectivity index (χ1v) is 7.73. The minimum atomic E-state index is 0.0853. The lowest BCUT2D eigenvalue weighted by Crippen LogP contribution is -2.35. The summed E-state index contributed by atoms with van der Waals surface area (Å²) in [5, 5.41) is 3.51. The summed E-state index contributed by atoms with van der Waals surface area (Å²) < 4.78 is 11.5. The predicted octanol–water partition coefficient (Wildman–Crippen LogP) is 4.07. The van der Waals surface area contributed by atoms with Gasteiger partial charge in [0.2, 0.25) is 0 Å². The molecule has 1 aliphatic carbocycles. The maximum atomic E-state index is 6.19. The topological polar surface area (TPSA) is 30.5 Å². The molecule has 0 heterocycles. The molecule has 3 heteroatoms. The summed E-state index contributed by atoms with van der Waals surface area (Å²) in [5.41, 5.74) is 1.26. The Morgan fingerprint density at radius 1 is 1.29 bits per heavy atom. The van der Waals surface area contributed by atoms with E-state index < -0.39 is 0 Å². The van der Waals surface area contributed by atoms with Gasteiger partial charge in [0, 0.05) is 23.7 Å². The van der Waals surface area contributed by atoms with Crippen LogP contribution in [-0.2, 0) is 6.54 Å². The molecule has 1 unspecified atom stereocenters. The van der Waals surface area contributed by atoms with Gasteiger partial charge in [-0.3, -0.25) is 0 Å². The molecular formula is C18H27NO2. The van der Waals surface area contributed by atoms with E-state index in [0.717, 1.165) is 30.9 Å². The van der Waals surface area contributed by atoms with Crippen molar-refractivity contribution in [3.05, 3.63) is 35.9 Å². The second-order valence-electron chi connectivity index (χ2n) is 6.59. The fourth-order valence-electron chi connectivity index (χ4n) is 2.32. The second-order valence-corrected chi connectivity index (χ2v) is 6.59. The number of rotatable bonds is 5. The van der Waals surface area contributed by atoms with E-state index in [0.29, 0.717) is 0 Å². The van der Waals surface area contributed by atoms with E-state index >= 15 is 0 Å². The number of benzene rings is 1. The molecule has 3 nitrogen and oxygen atoms in total. The molecule has 0 bridgehead atoms. The van der Waals surface area contributed by atoms with Crippen molar-refractivity contribution in [2.75, 3.05) is 7.11 Å². The van der Waals surface area contributed by atoms with Crippen LogP contribution in [0.1, 0.15) is 45.6 Å². The molecule has 0 fully saturated rings. The van der Waals surface area contributed by atoms with Gasteiger partial charge in [-0.1, -0.05) is 12.1 Å². The molecule has 1 aliphatic rings. The van der Waals surface area contributed by atoms with Gasteiger partial charge in [0.25, 0.3) is 0 Å². The van der Waals surface area contributed by atoms with E-state index in [9.17, 15) is 0 Å². The van der Waals surface area contributed by atoms with Gasteiger partial charge >= 0.3 is 0 Å². The number of hydrogen-bond donors (Lipinski definition) is 1. The van der Waals surface area contributed by atoms with Gasteiger partial charge in [0.15, 0.2) is 0 Å². The molecule has 1 aromatic rings. The Labute approximate surface area is 128 Å². The van der Waals surface area contributed by atoms with Gasteiger partial charge in [-0.05, 0) is 52.2 Å². The van der Waals surface area contributed by atoms with Crippen molar-refractivity contribution < 1.29 is 9.47 Å². The quantitative estimate of drug-likeness (QED) is 0.829. The van der Waals surface area contributed by atoms with Crippen LogP contribution in [0.4, 0.5) is 0 Å². The third-order valence-corrected chi connectivity index (χ3v) is 3.57. The Kier molecular flexibility index (Phi) is 5.29. The number of allylic oxidation sites excluding steroid dienone is 1. The highest BCUT2D eigenvalue weighted by Gasteiger charge is 2.15. The van der Waals surface area contributed by atoms with E-state index in [-0.39, 0.29) is 11.6 Å². The van der Waals surface area contributed by atoms with E-state index in [4.69, 9.17) is 9.47 Å². The van der Waals surface area contributed by atoms with Crippen molar-refractivity contribution in [1.82, 2.24) is 5.32 Å². The Morgan fingerprint density at radius 3 is 2.71 bits per heavy atom. The van der Waals surface area contributed by atoms with Crippen molar-refractivity contribution in [3.8, 4) is 11.5 Å². The Balaban J connectivity index is 2.14. The molecule has 1 N–H and O–H groups in total. The predicted molar refractivity (Wildman–Crippen MR) is 87.0 cm³/mol. The molecule has 0 radical (unpaired) electrons. The largest absolute Gasteiger partial charge is 0.497 e. The van der Waals surface area contributed by atoms with Crippen LogP contribution in [0.2, 0.25) is 0 Å². The highest BCUT2D eigenvalue weighted by Crippen LogP contribution is 2.28. The van der Waals surface area contributed by atoms with Crippen LogP contribution in [0.25, 0.3) is 0 Å². The van der Waals surface area contributed by atoms with Crippen LogP contribution in [0.5, 0.6) is 11.5 Å². The van der Waals surface area contributed by atoms with E-state index in [1.807, 2.05) is 12.1 Å². The van der Waals surface area contributed by atoms with Crippen molar-refractivity contribution >= 4 is 0 Å². The average molecular weight is 289 g/mol. The zero-order valence-electron chi connectivity index (χ0n) is 13.6. The van der Waals surface area contributed by atoms with Crippen LogP contribution in [0.15, 0.2) is 30.4 Å². The van der Waals surface area contributed by atoms with Gasteiger partial charge in [0.05, 0.1) is 7.11 Å². The van der Waals surface area contributed by atoms with Crippen molar-refractivity contribution in [3.63, 3.8) is 0 Å². The lowest BCUT2D eigenvalue weighted by Gasteiger charge is -2.24. The molecule has 116 valence electrons. The van der Waals surface area contributed by atoms with Crippen LogP contribution in [0.3, 0.4) is 0 Å². The van der Waals surface area contributed by atoms with Gasteiger partial charge in [0.1, 0.15) is 17.6 Å². The molecule has 1 aromatic carbocycles. The zero-order chi connectivity index (χ0) is 15.3. The standard InChI is InChI=1S/C18H27NO2/c1-18(2,3)19-13-14-10-11-16(20-4)12-17(14)21-15-8-6-5-7-9-15/h6,8,10-12,15,19H,5,7,9,13H2,1-4H3. The van der Waals surface area contributed by atoms with Crippen molar-refractivity contribution in [2.45, 2.75) is 58.2 Å². The number of hydrogen-bond acceptors (Lipinski definition) is 3. The number of ether oxygens (including phenoxy) is 2. The molecular weight excluding hydrogens is 262 g/mol. The molecule has 0 aromatic heterocycles. The smallest absolute Gasteiger partial charge is 0.128 e. The first kappa shape index (κ1) is 15.9. The summed E-state index contributed by atoms with van der Waals surface area (Å²) in [6, 6.07) is 6.06. The molecule has 2 rings (SSSR count). The van der Waals surface area contributed by atoms with Crippen LogP contribution in [0, 0.1) is 0 Å². The van der Waals surface area contributed by atoms with Gasteiger partial charge < -0.3 is 14.8 Å². The molecule has 0 saturated carbocycles. The summed E-state index contributed by atoms with van der Waals surface area (Å²) in [4.78, 5) is 0. The monoisotopic (exact) mass is 289 g/mol. The summed E-state index contributed by atoms with van der Waals surface area (Å²) in [5.74, 6) is 1.76. The molecule has 1 atom stereocenters. The van der Waals surface area contributed by atoms with Crippen LogP contribution >= 0.6 is 0 Å². The maximum Gasteiger partial charge on any atom is 0.128 e. The first-order valence-electron chi connectivity index (χ1n) is 7.73. The third-order valence-electron chi connectivity index (χ3n) is 3.57. The van der Waals surface area contributed by atoms with Crippen LogP contribution in [-0.4, -0.2) is 18.8 Å². The molecule has 0 saturated heterocycles. The lowest BCUT2D eigenvalue weighted by molar-refractivity contribution is 0.225. The average Bonchev–Trinajstić information content (AvgIpc) is 2.46. The lowest BCUT2D eigenvalue weighted by atomic mass is 10.0. The van der Waals surface area contributed by atoms with Gasteiger partial charge in [-0.25, -0.2) is 0 Å². The fraction of sp³-hybridized carbons (Fsp3) is 0.556. The van der Waals surface area contributed by atoms with E-state index in [1.54, 1.807) is 7.11 Å². The maximum absolute atomic E-state index is 6.19. The minimum Gasteiger partial charge on any atom is -0.497 e. The Hall–Kier alpha value is -1.48. The van der Waals surface area contributed by atoms with E-state index in [1.165, 1.54) is 12.0 Å². The summed E-state index contributed by atoms with van der Waals surface area (Å²) >= 11 is 0. The number of methoxy groups -OCH3 is 1. The highest BCUT2D eigenvalue weighted by molar-refractivity contribution is 5.41. The Bertz CT molecular complexity index is 488. The summed E-state index contributed by atoms with van der Waals surface area (Å²) in [6.07, 6.45) is 8.00. The first-order chi connectivity index (χ1) is 9.98. The molecule has 0 aliphatic heterocycles. The SMILES string of the molecule is COc1ccc(CNC(C)(C)C)c(OC2C=CCCC2)c1. The molecule has 0 amide bonds. The van der Waals surface area contributed by atoms with E-state index in [2.05, 4.69) is 44.3 Å². The fourth-order valence-corrected chi connectivity index (χ4v) is 2.32. The van der Waals surface area contributed by atoms with Crippen molar-refractivity contribution in [1.29, 1.82) is 0 Å². The minimum absolute atomic E-state index is 0.0853. The molecule has 21 heavy (non-hydrogen) atoms. The Morgan fingerprint density at radius 2 is 2.10 bits per heavy atom. The van der Waals surface area contributed by atoms with Gasteiger partial charge in [-0.15, -0.1) is 0 Å². The molecule has 0 spiro atoms. The summed E-state index contributed by atoms with van der Waals surface area (Å²) in [7, 11) is 1.69. The summed E-state index contributed by atoms with van der Waals surface area (Å²) in [6.45, 7) is 7.29. The highest BCUT2D eigenvalue weighted by atomic mass is 16.5. The normalized spacial score (nSPS) is 18.6. The second kappa shape index (κ2) is 6.99. The van der Waals surface area contributed by atoms with Crippen molar-refractivity contribution in [2.24, 2.45) is 0 Å².